The highest BCUT2D eigenvalue weighted by atomic mass is 127. The van der Waals surface area contributed by atoms with Crippen molar-refractivity contribution in [1.82, 2.24) is 20.5 Å². The maximum atomic E-state index is 12.5. The highest BCUT2D eigenvalue weighted by Gasteiger charge is 2.34. The molecule has 1 aliphatic rings. The average Bonchev–Trinajstić information content (AvgIpc) is 3.12. The van der Waals surface area contributed by atoms with Gasteiger partial charge in [0, 0.05) is 31.1 Å². The van der Waals surface area contributed by atoms with Gasteiger partial charge in [-0.2, -0.15) is 13.2 Å². The van der Waals surface area contributed by atoms with Crippen LogP contribution in [0.25, 0.3) is 0 Å². The second kappa shape index (κ2) is 9.94. The van der Waals surface area contributed by atoms with E-state index in [1.54, 1.807) is 6.20 Å². The van der Waals surface area contributed by atoms with Crippen LogP contribution >= 0.6 is 24.0 Å². The normalized spacial score (nSPS) is 19.1. The van der Waals surface area contributed by atoms with Gasteiger partial charge >= 0.3 is 6.18 Å². The van der Waals surface area contributed by atoms with Gasteiger partial charge in [-0.3, -0.25) is 4.90 Å². The third-order valence-corrected chi connectivity index (χ3v) is 4.03. The summed E-state index contributed by atoms with van der Waals surface area (Å²) in [7, 11) is 0. The molecule has 1 aromatic rings. The van der Waals surface area contributed by atoms with Gasteiger partial charge in [-0.25, -0.2) is 9.98 Å². The molecule has 0 aromatic carbocycles. The molecule has 0 spiro atoms. The third kappa shape index (κ3) is 8.24. The van der Waals surface area contributed by atoms with Crippen LogP contribution in [0.5, 0.6) is 0 Å². The van der Waals surface area contributed by atoms with Crippen LogP contribution in [0.2, 0.25) is 0 Å². The van der Waals surface area contributed by atoms with Crippen LogP contribution in [0.1, 0.15) is 45.8 Å². The molecule has 2 N–H and O–H groups in total. The Morgan fingerprint density at radius 3 is 2.63 bits per heavy atom. The molecule has 2 rings (SSSR count). The number of aliphatic imine (C=N–C) groups is 1. The SMILES string of the molecule is CCNC(=NCc1ncc(C(C)(C)C)o1)NC1CCN(CC(F)(F)F)C1.I. The second-order valence-electron chi connectivity index (χ2n) is 7.54. The minimum absolute atomic E-state index is 0. The summed E-state index contributed by atoms with van der Waals surface area (Å²) >= 11 is 0. The summed E-state index contributed by atoms with van der Waals surface area (Å²) in [5, 5.41) is 6.31. The van der Waals surface area contributed by atoms with Crippen molar-refractivity contribution in [1.29, 1.82) is 0 Å². The minimum Gasteiger partial charge on any atom is -0.443 e. The van der Waals surface area contributed by atoms with E-state index in [0.717, 1.165) is 5.76 Å². The largest absolute Gasteiger partial charge is 0.443 e. The molecular formula is C17H29F3IN5O. The zero-order valence-electron chi connectivity index (χ0n) is 16.2. The lowest BCUT2D eigenvalue weighted by atomic mass is 9.94. The second-order valence-corrected chi connectivity index (χ2v) is 7.54. The van der Waals surface area contributed by atoms with Gasteiger partial charge in [-0.15, -0.1) is 24.0 Å². The predicted octanol–water partition coefficient (Wildman–Crippen LogP) is 3.28. The van der Waals surface area contributed by atoms with Crippen LogP contribution < -0.4 is 10.6 Å². The van der Waals surface area contributed by atoms with Gasteiger partial charge in [0.05, 0.1) is 12.7 Å². The van der Waals surface area contributed by atoms with Crippen molar-refractivity contribution in [3.8, 4) is 0 Å². The Morgan fingerprint density at radius 2 is 2.07 bits per heavy atom. The maximum Gasteiger partial charge on any atom is 0.401 e. The standard InChI is InChI=1S/C17H28F3N5O.HI/c1-5-21-15(23-9-14-22-8-13(26-14)16(2,3)4)24-12-6-7-25(10-12)11-17(18,19)20;/h8,12H,5-7,9-11H2,1-4H3,(H2,21,23,24);1H. The molecule has 0 radical (unpaired) electrons. The van der Waals surface area contributed by atoms with Crippen LogP contribution in [0.3, 0.4) is 0 Å². The number of hydrogen-bond acceptors (Lipinski definition) is 4. The Balaban J connectivity index is 0.00000364. The van der Waals surface area contributed by atoms with Gasteiger partial charge in [0.25, 0.3) is 0 Å². The molecule has 0 aliphatic carbocycles. The quantitative estimate of drug-likeness (QED) is 0.367. The van der Waals surface area contributed by atoms with E-state index in [4.69, 9.17) is 4.42 Å². The van der Waals surface area contributed by atoms with E-state index in [9.17, 15) is 13.2 Å². The van der Waals surface area contributed by atoms with Gasteiger partial charge in [-0.1, -0.05) is 20.8 Å². The molecule has 1 fully saturated rings. The Morgan fingerprint density at radius 1 is 1.37 bits per heavy atom. The molecule has 1 aromatic heterocycles. The molecule has 1 aliphatic heterocycles. The number of aromatic nitrogens is 1. The lowest BCUT2D eigenvalue weighted by Crippen LogP contribution is -2.45. The van der Waals surface area contributed by atoms with Crippen molar-refractivity contribution >= 4 is 29.9 Å². The Labute approximate surface area is 175 Å². The van der Waals surface area contributed by atoms with Crippen molar-refractivity contribution in [3.05, 3.63) is 17.8 Å². The fraction of sp³-hybridized carbons (Fsp3) is 0.765. The first kappa shape index (κ1) is 24.0. The number of alkyl halides is 3. The molecule has 1 unspecified atom stereocenters. The van der Waals surface area contributed by atoms with Crippen molar-refractivity contribution in [3.63, 3.8) is 0 Å². The van der Waals surface area contributed by atoms with Crippen LogP contribution in [-0.2, 0) is 12.0 Å². The fourth-order valence-electron chi connectivity index (χ4n) is 2.74. The summed E-state index contributed by atoms with van der Waals surface area (Å²) < 4.78 is 43.2. The average molecular weight is 503 g/mol. The van der Waals surface area contributed by atoms with E-state index in [1.165, 1.54) is 4.90 Å². The summed E-state index contributed by atoms with van der Waals surface area (Å²) in [4.78, 5) is 10.1. The van der Waals surface area contributed by atoms with Gasteiger partial charge in [-0.05, 0) is 13.3 Å². The zero-order chi connectivity index (χ0) is 19.4. The minimum atomic E-state index is -4.16. The van der Waals surface area contributed by atoms with Crippen LogP contribution in [0, 0.1) is 0 Å². The lowest BCUT2D eigenvalue weighted by molar-refractivity contribution is -0.143. The number of rotatable bonds is 5. The van der Waals surface area contributed by atoms with E-state index in [1.807, 2.05) is 27.7 Å². The lowest BCUT2D eigenvalue weighted by Gasteiger charge is -2.19. The van der Waals surface area contributed by atoms with E-state index in [-0.39, 0.29) is 42.0 Å². The number of halogens is 4. The van der Waals surface area contributed by atoms with Crippen LogP contribution in [0.4, 0.5) is 13.2 Å². The summed E-state index contributed by atoms with van der Waals surface area (Å²) in [6.45, 7) is 8.88. The van der Waals surface area contributed by atoms with E-state index in [2.05, 4.69) is 20.6 Å². The molecule has 1 saturated heterocycles. The topological polar surface area (TPSA) is 65.7 Å². The molecule has 10 heteroatoms. The molecule has 27 heavy (non-hydrogen) atoms. The highest BCUT2D eigenvalue weighted by molar-refractivity contribution is 14.0. The molecular weight excluding hydrogens is 474 g/mol. The molecule has 156 valence electrons. The number of oxazole rings is 1. The van der Waals surface area contributed by atoms with Gasteiger partial charge in [0.15, 0.2) is 5.96 Å². The Kier molecular flexibility index (Phi) is 8.84. The van der Waals surface area contributed by atoms with Gasteiger partial charge < -0.3 is 15.1 Å². The summed E-state index contributed by atoms with van der Waals surface area (Å²) in [6.07, 6.45) is -1.81. The van der Waals surface area contributed by atoms with Crippen LogP contribution in [-0.4, -0.2) is 54.2 Å². The van der Waals surface area contributed by atoms with Crippen molar-refractivity contribution < 1.29 is 17.6 Å². The molecule has 1 atom stereocenters. The first-order chi connectivity index (χ1) is 12.1. The Hall–Kier alpha value is -1.04. The monoisotopic (exact) mass is 503 g/mol. The molecule has 2 heterocycles. The molecule has 0 bridgehead atoms. The number of nitrogens with zero attached hydrogens (tertiary/aromatic N) is 3. The van der Waals surface area contributed by atoms with Crippen molar-refractivity contribution in [2.45, 2.75) is 58.3 Å². The maximum absolute atomic E-state index is 12.5. The number of hydrogen-bond donors (Lipinski definition) is 2. The summed E-state index contributed by atoms with van der Waals surface area (Å²) in [6, 6.07) is -0.0650. The Bertz CT molecular complexity index is 612. The van der Waals surface area contributed by atoms with Crippen LogP contribution in [0.15, 0.2) is 15.6 Å². The summed E-state index contributed by atoms with van der Waals surface area (Å²) in [5.41, 5.74) is -0.122. The highest BCUT2D eigenvalue weighted by Crippen LogP contribution is 2.23. The first-order valence-electron chi connectivity index (χ1n) is 8.86. The zero-order valence-corrected chi connectivity index (χ0v) is 18.5. The predicted molar refractivity (Wildman–Crippen MR) is 109 cm³/mol. The van der Waals surface area contributed by atoms with Crippen molar-refractivity contribution in [2.24, 2.45) is 4.99 Å². The van der Waals surface area contributed by atoms with E-state index in [0.29, 0.717) is 37.9 Å². The van der Waals surface area contributed by atoms with Gasteiger partial charge in [0.1, 0.15) is 12.3 Å². The first-order valence-corrected chi connectivity index (χ1v) is 8.86. The van der Waals surface area contributed by atoms with E-state index >= 15 is 0 Å². The summed E-state index contributed by atoms with van der Waals surface area (Å²) in [5.74, 6) is 1.86. The van der Waals surface area contributed by atoms with E-state index < -0.39 is 12.7 Å². The van der Waals surface area contributed by atoms with Crippen molar-refractivity contribution in [2.75, 3.05) is 26.2 Å². The molecule has 0 amide bonds. The number of likely N-dealkylation sites (tertiary alicyclic amines) is 1. The number of guanidine groups is 1. The fourth-order valence-corrected chi connectivity index (χ4v) is 2.74. The third-order valence-electron chi connectivity index (χ3n) is 4.03. The smallest absolute Gasteiger partial charge is 0.401 e. The molecule has 6 nitrogen and oxygen atoms in total. The van der Waals surface area contributed by atoms with Gasteiger partial charge in [0.2, 0.25) is 5.89 Å². The number of nitrogens with one attached hydrogen (secondary N) is 2. The molecule has 0 saturated carbocycles.